The molecule has 10 heteroatoms. The SMILES string of the molecule is CC1=NN(C(=O)c2cccnc2)C(=O)[C@@H]1N=Nc1ccc([N+](=O)[O-])cc1. The number of hydrazone groups is 1. The molecule has 1 aromatic heterocycles. The molecule has 1 aliphatic rings. The van der Waals surface area contributed by atoms with Crippen molar-refractivity contribution in [1.82, 2.24) is 9.99 Å². The van der Waals surface area contributed by atoms with Crippen LogP contribution in [-0.4, -0.2) is 38.5 Å². The van der Waals surface area contributed by atoms with Crippen LogP contribution in [0.5, 0.6) is 0 Å². The van der Waals surface area contributed by atoms with E-state index in [-0.39, 0.29) is 11.3 Å². The number of hydrogen-bond acceptors (Lipinski definition) is 8. The third-order valence-electron chi connectivity index (χ3n) is 3.55. The first-order chi connectivity index (χ1) is 12.5. The molecule has 2 amide bonds. The van der Waals surface area contributed by atoms with Gasteiger partial charge in [-0.3, -0.25) is 24.7 Å². The molecule has 0 unspecified atom stereocenters. The van der Waals surface area contributed by atoms with Crippen molar-refractivity contribution in [3.8, 4) is 0 Å². The lowest BCUT2D eigenvalue weighted by molar-refractivity contribution is -0.384. The molecule has 3 rings (SSSR count). The summed E-state index contributed by atoms with van der Waals surface area (Å²) in [6.45, 7) is 1.56. The minimum Gasteiger partial charge on any atom is -0.269 e. The van der Waals surface area contributed by atoms with Gasteiger partial charge in [-0.05, 0) is 31.2 Å². The number of hydrogen-bond donors (Lipinski definition) is 0. The Bertz CT molecular complexity index is 924. The summed E-state index contributed by atoms with van der Waals surface area (Å²) in [4.78, 5) is 38.7. The molecule has 1 atom stereocenters. The molecular weight excluding hydrogens is 340 g/mol. The van der Waals surface area contributed by atoms with Gasteiger partial charge >= 0.3 is 0 Å². The summed E-state index contributed by atoms with van der Waals surface area (Å²) >= 11 is 0. The Hall–Kier alpha value is -3.82. The number of benzene rings is 1. The van der Waals surface area contributed by atoms with Crippen LogP contribution >= 0.6 is 0 Å². The maximum atomic E-state index is 12.4. The summed E-state index contributed by atoms with van der Waals surface area (Å²) in [5.41, 5.74) is 0.809. The minimum absolute atomic E-state index is 0.0770. The second kappa shape index (κ2) is 6.97. The highest BCUT2D eigenvalue weighted by molar-refractivity contribution is 6.18. The molecular formula is C16H12N6O4. The molecule has 0 saturated carbocycles. The highest BCUT2D eigenvalue weighted by Crippen LogP contribution is 2.21. The fraction of sp³-hybridized carbons (Fsp3) is 0.125. The Morgan fingerprint density at radius 3 is 2.62 bits per heavy atom. The second-order valence-corrected chi connectivity index (χ2v) is 5.33. The van der Waals surface area contributed by atoms with Crippen LogP contribution in [0.15, 0.2) is 64.1 Å². The number of carbonyl (C=O) groups excluding carboxylic acids is 2. The van der Waals surface area contributed by atoms with E-state index in [2.05, 4.69) is 20.3 Å². The standard InChI is InChI=1S/C16H12N6O4/c1-10-14(19-18-12-4-6-13(7-5-12)22(25)26)16(24)21(20-10)15(23)11-3-2-8-17-9-11/h2-9,14H,1H3/t14-/m1/s1. The molecule has 0 fully saturated rings. The van der Waals surface area contributed by atoms with E-state index < -0.39 is 22.8 Å². The van der Waals surface area contributed by atoms with E-state index in [0.717, 1.165) is 5.01 Å². The molecule has 0 spiro atoms. The van der Waals surface area contributed by atoms with Gasteiger partial charge in [0.1, 0.15) is 0 Å². The Morgan fingerprint density at radius 2 is 2.00 bits per heavy atom. The lowest BCUT2D eigenvalue weighted by Gasteiger charge is -2.10. The van der Waals surface area contributed by atoms with E-state index in [9.17, 15) is 19.7 Å². The molecule has 0 radical (unpaired) electrons. The maximum Gasteiger partial charge on any atom is 0.282 e. The Balaban J connectivity index is 1.75. The number of azo groups is 1. The first-order valence-corrected chi connectivity index (χ1v) is 7.46. The van der Waals surface area contributed by atoms with Gasteiger partial charge < -0.3 is 0 Å². The van der Waals surface area contributed by atoms with Crippen LogP contribution in [0.2, 0.25) is 0 Å². The number of nitro benzene ring substituents is 1. The second-order valence-electron chi connectivity index (χ2n) is 5.33. The highest BCUT2D eigenvalue weighted by Gasteiger charge is 2.38. The van der Waals surface area contributed by atoms with E-state index in [1.807, 2.05) is 0 Å². The molecule has 1 aliphatic heterocycles. The zero-order chi connectivity index (χ0) is 18.7. The van der Waals surface area contributed by atoms with Gasteiger partial charge in [-0.15, -0.1) is 0 Å². The normalized spacial score (nSPS) is 16.8. The number of carbonyl (C=O) groups is 2. The van der Waals surface area contributed by atoms with Gasteiger partial charge in [0.05, 0.1) is 21.9 Å². The maximum absolute atomic E-state index is 12.4. The molecule has 130 valence electrons. The van der Waals surface area contributed by atoms with Gasteiger partial charge in [-0.1, -0.05) is 0 Å². The molecule has 2 aromatic rings. The third kappa shape index (κ3) is 3.34. The number of nitro groups is 1. The van der Waals surface area contributed by atoms with Crippen LogP contribution in [0.25, 0.3) is 0 Å². The van der Waals surface area contributed by atoms with Crippen molar-refractivity contribution in [2.24, 2.45) is 15.3 Å². The zero-order valence-electron chi connectivity index (χ0n) is 13.5. The van der Waals surface area contributed by atoms with Crippen molar-refractivity contribution in [2.45, 2.75) is 13.0 Å². The number of rotatable bonds is 4. The quantitative estimate of drug-likeness (QED) is 0.361. The molecule has 26 heavy (non-hydrogen) atoms. The van der Waals surface area contributed by atoms with Crippen molar-refractivity contribution >= 4 is 28.9 Å². The predicted octanol–water partition coefficient (Wildman–Crippen LogP) is 2.50. The Morgan fingerprint density at radius 1 is 1.27 bits per heavy atom. The average molecular weight is 352 g/mol. The largest absolute Gasteiger partial charge is 0.282 e. The van der Waals surface area contributed by atoms with Crippen LogP contribution in [0.3, 0.4) is 0 Å². The van der Waals surface area contributed by atoms with Gasteiger partial charge in [0.25, 0.3) is 17.5 Å². The van der Waals surface area contributed by atoms with Crippen molar-refractivity contribution in [3.63, 3.8) is 0 Å². The van der Waals surface area contributed by atoms with Crippen LogP contribution in [-0.2, 0) is 4.79 Å². The van der Waals surface area contributed by atoms with E-state index in [4.69, 9.17) is 0 Å². The summed E-state index contributed by atoms with van der Waals surface area (Å²) in [6, 6.07) is 7.47. The van der Waals surface area contributed by atoms with Gasteiger partial charge in [0, 0.05) is 24.5 Å². The van der Waals surface area contributed by atoms with Crippen LogP contribution < -0.4 is 0 Å². The first-order valence-electron chi connectivity index (χ1n) is 7.46. The van der Waals surface area contributed by atoms with Gasteiger partial charge in [0.15, 0.2) is 6.04 Å². The summed E-state index contributed by atoms with van der Waals surface area (Å²) in [6.07, 6.45) is 2.85. The Labute approximate surface area is 147 Å². The number of imide groups is 1. The fourth-order valence-corrected chi connectivity index (χ4v) is 2.21. The third-order valence-corrected chi connectivity index (χ3v) is 3.55. The minimum atomic E-state index is -1.02. The fourth-order valence-electron chi connectivity index (χ4n) is 2.21. The zero-order valence-corrected chi connectivity index (χ0v) is 13.5. The van der Waals surface area contributed by atoms with Crippen molar-refractivity contribution in [2.75, 3.05) is 0 Å². The molecule has 0 saturated heterocycles. The number of pyridine rings is 1. The molecule has 10 nitrogen and oxygen atoms in total. The molecule has 2 heterocycles. The van der Waals surface area contributed by atoms with Crippen LogP contribution in [0, 0.1) is 10.1 Å². The summed E-state index contributed by atoms with van der Waals surface area (Å²) < 4.78 is 0. The molecule has 1 aromatic carbocycles. The molecule has 0 bridgehead atoms. The average Bonchev–Trinajstić information content (AvgIpc) is 2.94. The van der Waals surface area contributed by atoms with E-state index in [1.165, 1.54) is 42.7 Å². The van der Waals surface area contributed by atoms with Gasteiger partial charge in [-0.25, -0.2) is 0 Å². The van der Waals surface area contributed by atoms with Crippen LogP contribution in [0.1, 0.15) is 17.3 Å². The summed E-state index contributed by atoms with van der Waals surface area (Å²) in [7, 11) is 0. The molecule has 0 N–H and O–H groups in total. The van der Waals surface area contributed by atoms with E-state index in [0.29, 0.717) is 11.4 Å². The number of aromatic nitrogens is 1. The monoisotopic (exact) mass is 352 g/mol. The topological polar surface area (TPSA) is 130 Å². The van der Waals surface area contributed by atoms with Crippen molar-refractivity contribution in [3.05, 3.63) is 64.5 Å². The van der Waals surface area contributed by atoms with Crippen molar-refractivity contribution < 1.29 is 14.5 Å². The Kier molecular flexibility index (Phi) is 4.56. The highest BCUT2D eigenvalue weighted by atomic mass is 16.6. The van der Waals surface area contributed by atoms with Crippen LogP contribution in [0.4, 0.5) is 11.4 Å². The smallest absolute Gasteiger partial charge is 0.269 e. The lowest BCUT2D eigenvalue weighted by atomic mass is 10.2. The summed E-state index contributed by atoms with van der Waals surface area (Å²) in [5, 5.41) is 23.2. The van der Waals surface area contributed by atoms with E-state index in [1.54, 1.807) is 13.0 Å². The van der Waals surface area contributed by atoms with Gasteiger partial charge in [0.2, 0.25) is 0 Å². The first kappa shape index (κ1) is 17.0. The lowest BCUT2D eigenvalue weighted by Crippen LogP contribution is -2.34. The van der Waals surface area contributed by atoms with Crippen molar-refractivity contribution in [1.29, 1.82) is 0 Å². The molecule has 0 aliphatic carbocycles. The number of nitrogens with zero attached hydrogens (tertiary/aromatic N) is 6. The number of non-ortho nitro benzene ring substituents is 1. The number of amides is 2. The summed E-state index contributed by atoms with van der Waals surface area (Å²) in [5.74, 6) is -1.22. The van der Waals surface area contributed by atoms with Gasteiger partial charge in [-0.2, -0.15) is 20.3 Å². The van der Waals surface area contributed by atoms with E-state index >= 15 is 0 Å². The predicted molar refractivity (Wildman–Crippen MR) is 89.9 cm³/mol.